The second kappa shape index (κ2) is 5.44. The largest absolute Gasteiger partial charge is 0.325 e. The Bertz CT molecular complexity index is 791. The molecule has 2 rings (SSSR count). The van der Waals surface area contributed by atoms with Crippen LogP contribution >= 0.6 is 0 Å². The maximum absolute atomic E-state index is 13.4. The number of sulfonamides is 1. The Kier molecular flexibility index (Phi) is 3.85. The third-order valence-corrected chi connectivity index (χ3v) is 3.93. The number of hydrogen-bond acceptors (Lipinski definition) is 4. The summed E-state index contributed by atoms with van der Waals surface area (Å²) in [5.41, 5.74) is -1.15. The second-order valence-corrected chi connectivity index (χ2v) is 5.61. The van der Waals surface area contributed by atoms with Crippen LogP contribution in [0.25, 0.3) is 0 Å². The third-order valence-electron chi connectivity index (χ3n) is 2.52. The summed E-state index contributed by atoms with van der Waals surface area (Å²) in [6, 6.07) is 7.04. The molecule has 1 N–H and O–H groups in total. The zero-order valence-electron chi connectivity index (χ0n) is 10.3. The number of hydrogen-bond donors (Lipinski definition) is 1. The van der Waals surface area contributed by atoms with Crippen LogP contribution in [0.1, 0.15) is 0 Å². The minimum absolute atomic E-state index is 0.00467. The van der Waals surface area contributed by atoms with E-state index in [0.29, 0.717) is 0 Å². The monoisotopic (exact) mass is 314 g/mol. The number of para-hydroxylation sites is 1. The normalized spacial score (nSPS) is 11.1. The van der Waals surface area contributed by atoms with Crippen LogP contribution in [-0.2, 0) is 10.0 Å². The van der Waals surface area contributed by atoms with E-state index in [0.717, 1.165) is 42.5 Å². The van der Waals surface area contributed by atoms with E-state index in [2.05, 4.69) is 0 Å². The lowest BCUT2D eigenvalue weighted by Crippen LogP contribution is -2.15. The van der Waals surface area contributed by atoms with Crippen molar-refractivity contribution in [2.75, 3.05) is 4.72 Å². The Hall–Kier alpha value is -2.55. The standard InChI is InChI=1S/C12H8F2N2O4S/c13-8-4-6-9(7-5-8)15-21(19,20)11-3-1-2-10(14)12(11)16(17)18/h1-7,15H. The smallest absolute Gasteiger partial charge is 0.279 e. The van der Waals surface area contributed by atoms with Gasteiger partial charge in [-0.05, 0) is 36.4 Å². The van der Waals surface area contributed by atoms with Crippen LogP contribution in [0.3, 0.4) is 0 Å². The van der Waals surface area contributed by atoms with Crippen LogP contribution in [0, 0.1) is 21.7 Å². The van der Waals surface area contributed by atoms with Crippen LogP contribution in [0.4, 0.5) is 20.2 Å². The number of nitrogens with zero attached hydrogens (tertiary/aromatic N) is 1. The van der Waals surface area contributed by atoms with Gasteiger partial charge >= 0.3 is 5.69 Å². The summed E-state index contributed by atoms with van der Waals surface area (Å²) in [6.07, 6.45) is 0. The molecule has 0 heterocycles. The Morgan fingerprint density at radius 3 is 2.24 bits per heavy atom. The minimum atomic E-state index is -4.38. The summed E-state index contributed by atoms with van der Waals surface area (Å²) in [4.78, 5) is 8.89. The van der Waals surface area contributed by atoms with Gasteiger partial charge in [0.2, 0.25) is 5.82 Å². The van der Waals surface area contributed by atoms with Gasteiger partial charge in [-0.15, -0.1) is 0 Å². The maximum atomic E-state index is 13.4. The third kappa shape index (κ3) is 3.14. The predicted molar refractivity (Wildman–Crippen MR) is 70.3 cm³/mol. The van der Waals surface area contributed by atoms with Crippen molar-refractivity contribution in [3.63, 3.8) is 0 Å². The lowest BCUT2D eigenvalue weighted by molar-refractivity contribution is -0.390. The van der Waals surface area contributed by atoms with Crippen molar-refractivity contribution in [2.45, 2.75) is 4.90 Å². The van der Waals surface area contributed by atoms with E-state index in [4.69, 9.17) is 0 Å². The molecule has 2 aromatic rings. The van der Waals surface area contributed by atoms with Crippen molar-refractivity contribution in [1.29, 1.82) is 0 Å². The van der Waals surface area contributed by atoms with Gasteiger partial charge in [0.05, 0.1) is 4.92 Å². The topological polar surface area (TPSA) is 89.3 Å². The van der Waals surface area contributed by atoms with Crippen molar-refractivity contribution >= 4 is 21.4 Å². The first-order valence-electron chi connectivity index (χ1n) is 5.52. The van der Waals surface area contributed by atoms with Crippen LogP contribution in [0.5, 0.6) is 0 Å². The lowest BCUT2D eigenvalue weighted by atomic mass is 10.3. The van der Waals surface area contributed by atoms with Gasteiger partial charge in [-0.25, -0.2) is 12.8 Å². The van der Waals surface area contributed by atoms with Gasteiger partial charge in [-0.1, -0.05) is 6.07 Å². The van der Waals surface area contributed by atoms with Crippen LogP contribution in [0.15, 0.2) is 47.4 Å². The SMILES string of the molecule is O=[N+]([O-])c1c(F)cccc1S(=O)(=O)Nc1ccc(F)cc1. The van der Waals surface area contributed by atoms with Crippen molar-refractivity contribution < 1.29 is 22.1 Å². The predicted octanol–water partition coefficient (Wildman–Crippen LogP) is 2.67. The second-order valence-electron chi connectivity index (χ2n) is 3.96. The molecule has 9 heteroatoms. The van der Waals surface area contributed by atoms with E-state index in [1.807, 2.05) is 4.72 Å². The molecule has 0 amide bonds. The van der Waals surface area contributed by atoms with Crippen LogP contribution in [-0.4, -0.2) is 13.3 Å². The molecule has 6 nitrogen and oxygen atoms in total. The lowest BCUT2D eigenvalue weighted by Gasteiger charge is -2.08. The molecular weight excluding hydrogens is 306 g/mol. The van der Waals surface area contributed by atoms with E-state index in [9.17, 15) is 27.3 Å². The quantitative estimate of drug-likeness (QED) is 0.694. The van der Waals surface area contributed by atoms with Gasteiger partial charge in [-0.2, -0.15) is 4.39 Å². The fourth-order valence-corrected chi connectivity index (χ4v) is 2.86. The van der Waals surface area contributed by atoms with Gasteiger partial charge in [0.1, 0.15) is 5.82 Å². The molecule has 110 valence electrons. The average molecular weight is 314 g/mol. The molecule has 0 aliphatic heterocycles. The molecule has 0 aliphatic rings. The molecule has 0 saturated carbocycles. The van der Waals surface area contributed by atoms with Gasteiger partial charge in [0, 0.05) is 5.69 Å². The molecule has 21 heavy (non-hydrogen) atoms. The Balaban J connectivity index is 2.47. The molecule has 0 fully saturated rings. The van der Waals surface area contributed by atoms with Crippen LogP contribution < -0.4 is 4.72 Å². The molecular formula is C12H8F2N2O4S. The van der Waals surface area contributed by atoms with Crippen molar-refractivity contribution in [3.8, 4) is 0 Å². The summed E-state index contributed by atoms with van der Waals surface area (Å²) in [6.45, 7) is 0. The summed E-state index contributed by atoms with van der Waals surface area (Å²) in [5.74, 6) is -1.84. The average Bonchev–Trinajstić information content (AvgIpc) is 2.40. The van der Waals surface area contributed by atoms with Crippen molar-refractivity contribution in [1.82, 2.24) is 0 Å². The zero-order chi connectivity index (χ0) is 15.6. The molecule has 0 aliphatic carbocycles. The molecule has 2 aromatic carbocycles. The highest BCUT2D eigenvalue weighted by Gasteiger charge is 2.29. The highest BCUT2D eigenvalue weighted by atomic mass is 32.2. The number of benzene rings is 2. The van der Waals surface area contributed by atoms with E-state index >= 15 is 0 Å². The number of nitro benzene ring substituents is 1. The maximum Gasteiger partial charge on any atom is 0.325 e. The molecule has 0 unspecified atom stereocenters. The first kappa shape index (κ1) is 14.9. The first-order valence-corrected chi connectivity index (χ1v) is 7.01. The minimum Gasteiger partial charge on any atom is -0.279 e. The van der Waals surface area contributed by atoms with E-state index < -0.39 is 37.2 Å². The molecule has 0 spiro atoms. The molecule has 0 aromatic heterocycles. The van der Waals surface area contributed by atoms with Crippen LogP contribution in [0.2, 0.25) is 0 Å². The number of nitrogens with one attached hydrogen (secondary N) is 1. The zero-order valence-corrected chi connectivity index (χ0v) is 11.1. The van der Waals surface area contributed by atoms with E-state index in [-0.39, 0.29) is 5.69 Å². The Morgan fingerprint density at radius 1 is 1.05 bits per heavy atom. The summed E-state index contributed by atoms with van der Waals surface area (Å²) in [7, 11) is -4.38. The molecule has 0 bridgehead atoms. The fraction of sp³-hybridized carbons (Fsp3) is 0. The van der Waals surface area contributed by atoms with Gasteiger partial charge in [0.25, 0.3) is 10.0 Å². The van der Waals surface area contributed by atoms with Crippen molar-refractivity contribution in [2.24, 2.45) is 0 Å². The number of nitro groups is 1. The highest BCUT2D eigenvalue weighted by Crippen LogP contribution is 2.28. The Labute approximate surface area is 118 Å². The summed E-state index contributed by atoms with van der Waals surface area (Å²) >= 11 is 0. The van der Waals surface area contributed by atoms with Crippen molar-refractivity contribution in [3.05, 3.63) is 64.2 Å². The summed E-state index contributed by atoms with van der Waals surface area (Å²) in [5, 5.41) is 10.8. The van der Waals surface area contributed by atoms with Gasteiger partial charge < -0.3 is 0 Å². The van der Waals surface area contributed by atoms with Gasteiger partial charge in [-0.3, -0.25) is 14.8 Å². The summed E-state index contributed by atoms with van der Waals surface area (Å²) < 4.78 is 52.4. The first-order chi connectivity index (χ1) is 9.81. The van der Waals surface area contributed by atoms with Gasteiger partial charge in [0.15, 0.2) is 4.90 Å². The highest BCUT2D eigenvalue weighted by molar-refractivity contribution is 7.92. The van der Waals surface area contributed by atoms with E-state index in [1.54, 1.807) is 0 Å². The molecule has 0 radical (unpaired) electrons. The molecule has 0 atom stereocenters. The van der Waals surface area contributed by atoms with E-state index in [1.165, 1.54) is 0 Å². The number of halogens is 2. The number of anilines is 1. The molecule has 0 saturated heterocycles. The number of rotatable bonds is 4. The Morgan fingerprint density at radius 2 is 1.67 bits per heavy atom. The fourth-order valence-electron chi connectivity index (χ4n) is 1.62.